The molecule has 2 rings (SSSR count). The highest BCUT2D eigenvalue weighted by Gasteiger charge is 2.01. The van der Waals surface area contributed by atoms with Crippen LogP contribution in [0.4, 0.5) is 0 Å². The topological polar surface area (TPSA) is 9.23 Å². The summed E-state index contributed by atoms with van der Waals surface area (Å²) in [7, 11) is 0. The predicted octanol–water partition coefficient (Wildman–Crippen LogP) is 9.16. The van der Waals surface area contributed by atoms with E-state index in [1.54, 1.807) is 0 Å². The van der Waals surface area contributed by atoms with Crippen LogP contribution in [-0.4, -0.2) is 12.4 Å². The number of unbranched alkanes of at least 4 members (excludes halogenated alkanes) is 9. The first-order valence-corrected chi connectivity index (χ1v) is 12.8. The van der Waals surface area contributed by atoms with Crippen LogP contribution < -0.4 is 4.74 Å². The van der Waals surface area contributed by atoms with Gasteiger partial charge in [-0.15, -0.1) is 11.8 Å². The number of benzene rings is 2. The lowest BCUT2D eigenvalue weighted by Crippen LogP contribution is -1.96. The molecule has 29 heavy (non-hydrogen) atoms. The van der Waals surface area contributed by atoms with E-state index in [1.807, 2.05) is 11.8 Å². The quantitative estimate of drug-likeness (QED) is 0.201. The van der Waals surface area contributed by atoms with Crippen LogP contribution in [-0.2, 0) is 0 Å². The van der Waals surface area contributed by atoms with Gasteiger partial charge in [0.25, 0.3) is 0 Å². The summed E-state index contributed by atoms with van der Waals surface area (Å²) in [5.41, 5.74) is 2.53. The molecule has 0 heterocycles. The SMILES string of the molecule is CCCCCCCCCCSc1ccc(-c2ccc(OCCCCC)cc2)cc1. The molecule has 0 unspecified atom stereocenters. The Balaban J connectivity index is 1.65. The van der Waals surface area contributed by atoms with Crippen molar-refractivity contribution in [3.05, 3.63) is 48.5 Å². The van der Waals surface area contributed by atoms with Gasteiger partial charge >= 0.3 is 0 Å². The first-order chi connectivity index (χ1) is 14.3. The van der Waals surface area contributed by atoms with Crippen LogP contribution in [0.2, 0.25) is 0 Å². The van der Waals surface area contributed by atoms with Gasteiger partial charge in [-0.05, 0) is 54.0 Å². The molecule has 0 aliphatic heterocycles. The van der Waals surface area contributed by atoms with Crippen molar-refractivity contribution >= 4 is 11.8 Å². The third kappa shape index (κ3) is 10.3. The second kappa shape index (κ2) is 15.4. The van der Waals surface area contributed by atoms with E-state index in [9.17, 15) is 0 Å². The van der Waals surface area contributed by atoms with Crippen molar-refractivity contribution in [1.82, 2.24) is 0 Å². The van der Waals surface area contributed by atoms with Gasteiger partial charge in [0.05, 0.1) is 6.61 Å². The molecule has 0 fully saturated rings. The Hall–Kier alpha value is -1.41. The average Bonchev–Trinajstić information content (AvgIpc) is 2.76. The van der Waals surface area contributed by atoms with E-state index in [2.05, 4.69) is 62.4 Å². The second-order valence-corrected chi connectivity index (χ2v) is 9.10. The fourth-order valence-corrected chi connectivity index (χ4v) is 4.37. The maximum absolute atomic E-state index is 5.81. The minimum absolute atomic E-state index is 0.817. The summed E-state index contributed by atoms with van der Waals surface area (Å²) in [6.45, 7) is 5.32. The molecule has 0 amide bonds. The van der Waals surface area contributed by atoms with Gasteiger partial charge in [-0.25, -0.2) is 0 Å². The van der Waals surface area contributed by atoms with Crippen LogP contribution in [0, 0.1) is 0 Å². The van der Waals surface area contributed by atoms with Gasteiger partial charge in [0.1, 0.15) is 5.75 Å². The third-order valence-electron chi connectivity index (χ3n) is 5.33. The lowest BCUT2D eigenvalue weighted by Gasteiger charge is -2.08. The Morgan fingerprint density at radius 1 is 0.586 bits per heavy atom. The van der Waals surface area contributed by atoms with Crippen molar-refractivity contribution in [2.75, 3.05) is 12.4 Å². The minimum atomic E-state index is 0.817. The lowest BCUT2D eigenvalue weighted by atomic mass is 10.1. The Morgan fingerprint density at radius 3 is 1.72 bits per heavy atom. The van der Waals surface area contributed by atoms with Gasteiger partial charge in [-0.1, -0.05) is 95.9 Å². The van der Waals surface area contributed by atoms with Crippen molar-refractivity contribution in [3.63, 3.8) is 0 Å². The maximum atomic E-state index is 5.81. The number of hydrogen-bond acceptors (Lipinski definition) is 2. The predicted molar refractivity (Wildman–Crippen MR) is 130 cm³/mol. The number of hydrogen-bond donors (Lipinski definition) is 0. The second-order valence-electron chi connectivity index (χ2n) is 7.93. The molecular weight excluding hydrogens is 372 g/mol. The zero-order valence-corrected chi connectivity index (χ0v) is 19.4. The lowest BCUT2D eigenvalue weighted by molar-refractivity contribution is 0.306. The Morgan fingerprint density at radius 2 is 1.10 bits per heavy atom. The molecule has 2 aromatic rings. The number of ether oxygens (including phenoxy) is 1. The highest BCUT2D eigenvalue weighted by atomic mass is 32.2. The van der Waals surface area contributed by atoms with Gasteiger partial charge in [-0.2, -0.15) is 0 Å². The molecule has 0 atom stereocenters. The third-order valence-corrected chi connectivity index (χ3v) is 6.42. The summed E-state index contributed by atoms with van der Waals surface area (Å²) in [5, 5.41) is 0. The van der Waals surface area contributed by atoms with Gasteiger partial charge in [0.15, 0.2) is 0 Å². The Kier molecular flexibility index (Phi) is 12.7. The van der Waals surface area contributed by atoms with Gasteiger partial charge in [0.2, 0.25) is 0 Å². The molecule has 160 valence electrons. The van der Waals surface area contributed by atoms with Gasteiger partial charge in [0, 0.05) is 4.90 Å². The highest BCUT2D eigenvalue weighted by molar-refractivity contribution is 7.99. The standard InChI is InChI=1S/C27H40OS/c1-3-5-7-8-9-10-11-13-23-29-27-20-16-25(17-21-27)24-14-18-26(19-15-24)28-22-12-6-4-2/h14-21H,3-13,22-23H2,1-2H3. The number of thioether (sulfide) groups is 1. The highest BCUT2D eigenvalue weighted by Crippen LogP contribution is 2.26. The normalized spacial score (nSPS) is 11.0. The smallest absolute Gasteiger partial charge is 0.119 e. The van der Waals surface area contributed by atoms with E-state index in [0.29, 0.717) is 0 Å². The van der Waals surface area contributed by atoms with E-state index < -0.39 is 0 Å². The minimum Gasteiger partial charge on any atom is -0.494 e. The fraction of sp³-hybridized carbons (Fsp3) is 0.556. The first-order valence-electron chi connectivity index (χ1n) is 11.8. The zero-order chi connectivity index (χ0) is 20.6. The molecule has 0 aromatic heterocycles. The van der Waals surface area contributed by atoms with Crippen LogP contribution in [0.15, 0.2) is 53.4 Å². The summed E-state index contributed by atoms with van der Waals surface area (Å²) in [6, 6.07) is 17.5. The molecule has 1 nitrogen and oxygen atoms in total. The molecule has 2 heteroatoms. The van der Waals surface area contributed by atoms with Crippen LogP contribution in [0.5, 0.6) is 5.75 Å². The molecule has 0 saturated carbocycles. The van der Waals surface area contributed by atoms with Crippen LogP contribution in [0.3, 0.4) is 0 Å². The summed E-state index contributed by atoms with van der Waals surface area (Å²) < 4.78 is 5.81. The molecule has 0 aliphatic carbocycles. The van der Waals surface area contributed by atoms with Crippen molar-refractivity contribution in [2.24, 2.45) is 0 Å². The molecule has 2 aromatic carbocycles. The van der Waals surface area contributed by atoms with Crippen molar-refractivity contribution in [2.45, 2.75) is 89.4 Å². The molecule has 0 saturated heterocycles. The van der Waals surface area contributed by atoms with Crippen LogP contribution >= 0.6 is 11.8 Å². The molecular formula is C27H40OS. The molecule has 0 radical (unpaired) electrons. The largest absolute Gasteiger partial charge is 0.494 e. The average molecular weight is 413 g/mol. The van der Waals surface area contributed by atoms with Crippen molar-refractivity contribution < 1.29 is 4.74 Å². The summed E-state index contributed by atoms with van der Waals surface area (Å²) >= 11 is 1.99. The van der Waals surface area contributed by atoms with E-state index in [0.717, 1.165) is 18.8 Å². The van der Waals surface area contributed by atoms with Gasteiger partial charge < -0.3 is 4.74 Å². The van der Waals surface area contributed by atoms with E-state index in [-0.39, 0.29) is 0 Å². The van der Waals surface area contributed by atoms with E-state index in [4.69, 9.17) is 4.74 Å². The maximum Gasteiger partial charge on any atom is 0.119 e. The molecule has 0 aliphatic rings. The zero-order valence-electron chi connectivity index (χ0n) is 18.6. The van der Waals surface area contributed by atoms with E-state index in [1.165, 1.54) is 86.0 Å². The summed E-state index contributed by atoms with van der Waals surface area (Å²) in [5.74, 6) is 2.21. The van der Waals surface area contributed by atoms with Crippen molar-refractivity contribution in [1.29, 1.82) is 0 Å². The van der Waals surface area contributed by atoms with Crippen LogP contribution in [0.1, 0.15) is 84.5 Å². The Bertz CT molecular complexity index is 633. The summed E-state index contributed by atoms with van der Waals surface area (Å²) in [6.07, 6.45) is 14.7. The van der Waals surface area contributed by atoms with Gasteiger partial charge in [-0.3, -0.25) is 0 Å². The first kappa shape index (κ1) is 23.9. The van der Waals surface area contributed by atoms with Crippen molar-refractivity contribution in [3.8, 4) is 16.9 Å². The monoisotopic (exact) mass is 412 g/mol. The molecule has 0 N–H and O–H groups in total. The molecule has 0 spiro atoms. The van der Waals surface area contributed by atoms with E-state index >= 15 is 0 Å². The van der Waals surface area contributed by atoms with Crippen LogP contribution in [0.25, 0.3) is 11.1 Å². The summed E-state index contributed by atoms with van der Waals surface area (Å²) in [4.78, 5) is 1.38. The fourth-order valence-electron chi connectivity index (χ4n) is 3.46. The number of rotatable bonds is 16. The molecule has 0 bridgehead atoms. The Labute approximate surface area is 183 Å².